The highest BCUT2D eigenvalue weighted by molar-refractivity contribution is 7.92. The summed E-state index contributed by atoms with van der Waals surface area (Å²) in [6.45, 7) is 3.25. The normalized spacial score (nSPS) is 13.2. The molecule has 0 amide bonds. The van der Waals surface area contributed by atoms with Gasteiger partial charge in [0.2, 0.25) is 10.0 Å². The lowest BCUT2D eigenvalue weighted by Gasteiger charge is -2.23. The minimum atomic E-state index is -3.87. The van der Waals surface area contributed by atoms with Crippen molar-refractivity contribution in [3.8, 4) is 0 Å². The van der Waals surface area contributed by atoms with E-state index in [1.807, 2.05) is 0 Å². The number of hydrogen-bond donors (Lipinski definition) is 3. The Hall–Kier alpha value is -1.32. The van der Waals surface area contributed by atoms with Gasteiger partial charge in [-0.25, -0.2) is 22.0 Å². The second-order valence-corrected chi connectivity index (χ2v) is 9.43. The molecule has 0 atom stereocenters. The number of benzene rings is 1. The average molecular weight is 321 g/mol. The van der Waals surface area contributed by atoms with E-state index < -0.39 is 24.6 Å². The van der Waals surface area contributed by atoms with Crippen LogP contribution in [-0.2, 0) is 19.9 Å². The lowest BCUT2D eigenvalue weighted by Crippen LogP contribution is -2.38. The zero-order valence-corrected chi connectivity index (χ0v) is 13.2. The number of nitrogen functional groups attached to an aromatic ring is 1. The van der Waals surface area contributed by atoms with Crippen LogP contribution in [0.2, 0.25) is 0 Å². The molecule has 0 aromatic heterocycles. The fourth-order valence-electron chi connectivity index (χ4n) is 1.33. The number of sulfonamides is 1. The van der Waals surface area contributed by atoms with Gasteiger partial charge in [0.05, 0.1) is 9.64 Å². The van der Waals surface area contributed by atoms with E-state index >= 15 is 0 Å². The van der Waals surface area contributed by atoms with Crippen LogP contribution in [0.15, 0.2) is 23.1 Å². The van der Waals surface area contributed by atoms with Crippen molar-refractivity contribution < 1.29 is 16.8 Å². The Morgan fingerprint density at radius 3 is 2.15 bits per heavy atom. The van der Waals surface area contributed by atoms with Gasteiger partial charge in [-0.15, -0.1) is 0 Å². The largest absolute Gasteiger partial charge is 0.399 e. The molecule has 0 aliphatic heterocycles. The minimum absolute atomic E-state index is 0.110. The third-order valence-electron chi connectivity index (χ3n) is 2.98. The van der Waals surface area contributed by atoms with Crippen molar-refractivity contribution in [3.05, 3.63) is 18.2 Å². The van der Waals surface area contributed by atoms with Gasteiger partial charge in [-0.1, -0.05) is 0 Å². The number of primary sulfonamides is 1. The summed E-state index contributed by atoms with van der Waals surface area (Å²) < 4.78 is 44.8. The number of anilines is 2. The SMILES string of the molecule is CC(C)(CNc1cc(N)cc(S(N)(=O)=O)c1)S(C)(=O)=O. The number of sulfone groups is 1. The van der Waals surface area contributed by atoms with Crippen LogP contribution < -0.4 is 16.2 Å². The van der Waals surface area contributed by atoms with E-state index in [1.54, 1.807) is 13.8 Å². The molecule has 0 aliphatic rings. The Kier molecular flexibility index (Phi) is 4.37. The molecule has 0 saturated carbocycles. The highest BCUT2D eigenvalue weighted by Crippen LogP contribution is 2.22. The molecule has 1 rings (SSSR count). The van der Waals surface area contributed by atoms with E-state index in [4.69, 9.17) is 10.9 Å². The predicted octanol–water partition coefficient (Wildman–Crippen LogP) is 0.151. The number of nitrogens with one attached hydrogen (secondary N) is 1. The Morgan fingerprint density at radius 2 is 1.70 bits per heavy atom. The van der Waals surface area contributed by atoms with Crippen molar-refractivity contribution in [3.63, 3.8) is 0 Å². The molecule has 0 heterocycles. The van der Waals surface area contributed by atoms with E-state index in [1.165, 1.54) is 18.2 Å². The van der Waals surface area contributed by atoms with Crippen molar-refractivity contribution in [2.45, 2.75) is 23.5 Å². The maximum atomic E-state index is 11.6. The van der Waals surface area contributed by atoms with E-state index in [2.05, 4.69) is 5.32 Å². The maximum absolute atomic E-state index is 11.6. The zero-order valence-electron chi connectivity index (χ0n) is 11.5. The van der Waals surface area contributed by atoms with Gasteiger partial charge in [0.25, 0.3) is 0 Å². The first-order chi connectivity index (χ1) is 8.83. The predicted molar refractivity (Wildman–Crippen MR) is 79.6 cm³/mol. The fourth-order valence-corrected chi connectivity index (χ4v) is 2.26. The first-order valence-corrected chi connectivity index (χ1v) is 9.13. The summed E-state index contributed by atoms with van der Waals surface area (Å²) in [5.74, 6) is 0. The van der Waals surface area contributed by atoms with Crippen LogP contribution in [0.3, 0.4) is 0 Å². The number of rotatable bonds is 5. The summed E-state index contributed by atoms with van der Waals surface area (Å²) >= 11 is 0. The molecule has 0 radical (unpaired) electrons. The van der Waals surface area contributed by atoms with Crippen molar-refractivity contribution in [1.29, 1.82) is 0 Å². The molecule has 9 heteroatoms. The van der Waals surface area contributed by atoms with Crippen molar-refractivity contribution in [2.75, 3.05) is 23.9 Å². The summed E-state index contributed by atoms with van der Waals surface area (Å²) in [7, 11) is -7.13. The highest BCUT2D eigenvalue weighted by atomic mass is 32.2. The second kappa shape index (κ2) is 5.23. The van der Waals surface area contributed by atoms with Crippen LogP contribution in [0, 0.1) is 0 Å². The van der Waals surface area contributed by atoms with Crippen LogP contribution in [0.25, 0.3) is 0 Å². The molecule has 1 aromatic carbocycles. The van der Waals surface area contributed by atoms with Crippen LogP contribution in [0.1, 0.15) is 13.8 Å². The first kappa shape index (κ1) is 16.7. The maximum Gasteiger partial charge on any atom is 0.238 e. The Labute approximate surface area is 119 Å². The topological polar surface area (TPSA) is 132 Å². The minimum Gasteiger partial charge on any atom is -0.399 e. The summed E-state index contributed by atoms with van der Waals surface area (Å²) in [5.41, 5.74) is 6.22. The lowest BCUT2D eigenvalue weighted by molar-refractivity contribution is 0.560. The van der Waals surface area contributed by atoms with Gasteiger partial charge in [0.1, 0.15) is 0 Å². The van der Waals surface area contributed by atoms with Crippen LogP contribution >= 0.6 is 0 Å². The van der Waals surface area contributed by atoms with Crippen LogP contribution in [-0.4, -0.2) is 34.4 Å². The highest BCUT2D eigenvalue weighted by Gasteiger charge is 2.29. The summed E-state index contributed by atoms with van der Waals surface area (Å²) in [4.78, 5) is -0.128. The standard InChI is InChI=1S/C11H19N3O4S2/c1-11(2,19(3,15)16)7-14-9-4-8(12)5-10(6-9)20(13,17)18/h4-6,14H,7,12H2,1-3H3,(H2,13,17,18). The molecular formula is C11H19N3O4S2. The number of hydrogen-bond acceptors (Lipinski definition) is 6. The van der Waals surface area contributed by atoms with E-state index in [9.17, 15) is 16.8 Å². The summed E-state index contributed by atoms with van der Waals surface area (Å²) in [5, 5.41) is 7.90. The Morgan fingerprint density at radius 1 is 1.15 bits per heavy atom. The molecule has 114 valence electrons. The quantitative estimate of drug-likeness (QED) is 0.661. The number of nitrogens with two attached hydrogens (primary N) is 2. The van der Waals surface area contributed by atoms with Gasteiger partial charge in [-0.05, 0) is 32.0 Å². The van der Waals surface area contributed by atoms with Crippen LogP contribution in [0.5, 0.6) is 0 Å². The molecule has 0 unspecified atom stereocenters. The van der Waals surface area contributed by atoms with E-state index in [0.29, 0.717) is 5.69 Å². The smallest absolute Gasteiger partial charge is 0.238 e. The van der Waals surface area contributed by atoms with Crippen molar-refractivity contribution in [2.24, 2.45) is 5.14 Å². The molecule has 1 aromatic rings. The van der Waals surface area contributed by atoms with Gasteiger partial charge in [-0.3, -0.25) is 0 Å². The molecule has 0 bridgehead atoms. The molecule has 0 fully saturated rings. The molecule has 0 aliphatic carbocycles. The second-order valence-electron chi connectivity index (χ2n) is 5.22. The molecular weight excluding hydrogens is 302 g/mol. The zero-order chi connectivity index (χ0) is 15.8. The molecule has 0 saturated heterocycles. The van der Waals surface area contributed by atoms with Gasteiger partial charge in [0.15, 0.2) is 9.84 Å². The summed E-state index contributed by atoms with van der Waals surface area (Å²) in [6, 6.07) is 4.05. The average Bonchev–Trinajstić information content (AvgIpc) is 2.23. The van der Waals surface area contributed by atoms with Gasteiger partial charge in [-0.2, -0.15) is 0 Å². The van der Waals surface area contributed by atoms with Crippen molar-refractivity contribution >= 4 is 31.2 Å². The van der Waals surface area contributed by atoms with Crippen molar-refractivity contribution in [1.82, 2.24) is 0 Å². The summed E-state index contributed by atoms with van der Waals surface area (Å²) in [6.07, 6.45) is 1.14. The fraction of sp³-hybridized carbons (Fsp3) is 0.455. The molecule has 5 N–H and O–H groups in total. The first-order valence-electron chi connectivity index (χ1n) is 5.70. The Bertz CT molecular complexity index is 709. The van der Waals surface area contributed by atoms with Crippen LogP contribution in [0.4, 0.5) is 11.4 Å². The molecule has 7 nitrogen and oxygen atoms in total. The van der Waals surface area contributed by atoms with E-state index in [0.717, 1.165) is 6.26 Å². The van der Waals surface area contributed by atoms with Gasteiger partial charge >= 0.3 is 0 Å². The monoisotopic (exact) mass is 321 g/mol. The lowest BCUT2D eigenvalue weighted by atomic mass is 10.2. The third kappa shape index (κ3) is 4.09. The van der Waals surface area contributed by atoms with Gasteiger partial charge < -0.3 is 11.1 Å². The molecule has 20 heavy (non-hydrogen) atoms. The Balaban J connectivity index is 3.04. The van der Waals surface area contributed by atoms with Gasteiger partial charge in [0, 0.05) is 24.2 Å². The molecule has 0 spiro atoms. The van der Waals surface area contributed by atoms with E-state index in [-0.39, 0.29) is 17.1 Å². The third-order valence-corrected chi connectivity index (χ3v) is 6.02.